The number of carbonyl (C=O) groups is 1. The number of nitrogens with one attached hydrogen (secondary N) is 1. The van der Waals surface area contributed by atoms with Crippen LogP contribution in [0, 0.1) is 0 Å². The lowest BCUT2D eigenvalue weighted by Gasteiger charge is -2.19. The number of hydrogen-bond donors (Lipinski definition) is 1. The SMILES string of the molecule is COCCCCOc1ccc(-c2ncc(CNC(=O)OC(C)(C)C)s2)cc1. The summed E-state index contributed by atoms with van der Waals surface area (Å²) < 4.78 is 16.0. The zero-order valence-corrected chi connectivity index (χ0v) is 17.2. The van der Waals surface area contributed by atoms with Crippen molar-refractivity contribution in [2.24, 2.45) is 0 Å². The Morgan fingerprint density at radius 1 is 1.15 bits per heavy atom. The third-order valence-electron chi connectivity index (χ3n) is 3.47. The molecule has 148 valence electrons. The van der Waals surface area contributed by atoms with Gasteiger partial charge in [0.05, 0.1) is 13.2 Å². The number of aromatic nitrogens is 1. The zero-order chi connectivity index (χ0) is 19.7. The first-order valence-electron chi connectivity index (χ1n) is 9.01. The number of benzene rings is 1. The number of amides is 1. The molecule has 1 N–H and O–H groups in total. The molecule has 7 heteroatoms. The van der Waals surface area contributed by atoms with E-state index in [2.05, 4.69) is 10.3 Å². The first-order chi connectivity index (χ1) is 12.9. The van der Waals surface area contributed by atoms with Crippen molar-refractivity contribution < 1.29 is 19.0 Å². The Morgan fingerprint density at radius 3 is 2.52 bits per heavy atom. The Kier molecular flexibility index (Phi) is 8.06. The smallest absolute Gasteiger partial charge is 0.407 e. The lowest BCUT2D eigenvalue weighted by atomic mass is 10.2. The summed E-state index contributed by atoms with van der Waals surface area (Å²) in [5, 5.41) is 3.65. The maximum absolute atomic E-state index is 11.7. The predicted octanol–water partition coefficient (Wildman–Crippen LogP) is 4.64. The van der Waals surface area contributed by atoms with Crippen molar-refractivity contribution in [3.63, 3.8) is 0 Å². The number of carbonyl (C=O) groups excluding carboxylic acids is 1. The molecule has 0 saturated carbocycles. The first kappa shape index (κ1) is 21.2. The van der Waals surface area contributed by atoms with Gasteiger partial charge in [-0.15, -0.1) is 11.3 Å². The van der Waals surface area contributed by atoms with Gasteiger partial charge in [0, 0.05) is 30.4 Å². The quantitative estimate of drug-likeness (QED) is 0.630. The maximum Gasteiger partial charge on any atom is 0.407 e. The summed E-state index contributed by atoms with van der Waals surface area (Å²) in [7, 11) is 1.71. The Hall–Kier alpha value is -2.12. The van der Waals surface area contributed by atoms with Crippen LogP contribution >= 0.6 is 11.3 Å². The van der Waals surface area contributed by atoms with Crippen molar-refractivity contribution in [1.82, 2.24) is 10.3 Å². The Bertz CT molecular complexity index is 708. The highest BCUT2D eigenvalue weighted by Gasteiger charge is 2.16. The van der Waals surface area contributed by atoms with Crippen LogP contribution in [0.5, 0.6) is 5.75 Å². The standard InChI is InChI=1S/C20H28N2O4S/c1-20(2,3)26-19(23)22-14-17-13-21-18(27-17)15-7-9-16(10-8-15)25-12-6-5-11-24-4/h7-10,13H,5-6,11-12,14H2,1-4H3,(H,22,23). The van der Waals surface area contributed by atoms with Crippen LogP contribution in [0.25, 0.3) is 10.6 Å². The molecule has 0 unspecified atom stereocenters. The summed E-state index contributed by atoms with van der Waals surface area (Å²) in [6.07, 6.45) is 3.31. The lowest BCUT2D eigenvalue weighted by molar-refractivity contribution is 0.0524. The van der Waals surface area contributed by atoms with Gasteiger partial charge in [0.25, 0.3) is 0 Å². The van der Waals surface area contributed by atoms with Crippen LogP contribution in [-0.2, 0) is 16.0 Å². The fourth-order valence-corrected chi connectivity index (χ4v) is 3.09. The van der Waals surface area contributed by atoms with Crippen molar-refractivity contribution >= 4 is 17.4 Å². The second kappa shape index (κ2) is 10.3. The second-order valence-electron chi connectivity index (χ2n) is 7.06. The number of rotatable bonds is 9. The molecule has 2 aromatic rings. The Labute approximate surface area is 164 Å². The summed E-state index contributed by atoms with van der Waals surface area (Å²) in [4.78, 5) is 17.1. The summed E-state index contributed by atoms with van der Waals surface area (Å²) in [6, 6.07) is 7.89. The van der Waals surface area contributed by atoms with Gasteiger partial charge in [-0.05, 0) is 57.9 Å². The van der Waals surface area contributed by atoms with E-state index < -0.39 is 11.7 Å². The molecule has 0 radical (unpaired) electrons. The van der Waals surface area contributed by atoms with Crippen LogP contribution in [-0.4, -0.2) is 37.0 Å². The molecule has 0 bridgehead atoms. The average Bonchev–Trinajstić information content (AvgIpc) is 3.08. The van der Waals surface area contributed by atoms with Crippen molar-refractivity contribution in [3.8, 4) is 16.3 Å². The van der Waals surface area contributed by atoms with E-state index >= 15 is 0 Å². The minimum Gasteiger partial charge on any atom is -0.494 e. The van der Waals surface area contributed by atoms with Crippen LogP contribution < -0.4 is 10.1 Å². The van der Waals surface area contributed by atoms with Gasteiger partial charge in [-0.2, -0.15) is 0 Å². The molecule has 27 heavy (non-hydrogen) atoms. The first-order valence-corrected chi connectivity index (χ1v) is 9.83. The predicted molar refractivity (Wildman–Crippen MR) is 107 cm³/mol. The number of unbranched alkanes of at least 4 members (excludes halogenated alkanes) is 1. The summed E-state index contributed by atoms with van der Waals surface area (Å²) >= 11 is 1.54. The zero-order valence-electron chi connectivity index (χ0n) is 16.4. The van der Waals surface area contributed by atoms with Gasteiger partial charge in [0.2, 0.25) is 0 Å². The van der Waals surface area contributed by atoms with Gasteiger partial charge in [-0.3, -0.25) is 0 Å². The Balaban J connectivity index is 1.82. The van der Waals surface area contributed by atoms with Crippen molar-refractivity contribution in [2.75, 3.05) is 20.3 Å². The van der Waals surface area contributed by atoms with E-state index in [1.165, 1.54) is 0 Å². The maximum atomic E-state index is 11.7. The van der Waals surface area contributed by atoms with E-state index in [0.717, 1.165) is 40.6 Å². The molecule has 6 nitrogen and oxygen atoms in total. The topological polar surface area (TPSA) is 69.7 Å². The van der Waals surface area contributed by atoms with Crippen LogP contribution in [0.15, 0.2) is 30.5 Å². The van der Waals surface area contributed by atoms with Gasteiger partial charge in [0.1, 0.15) is 16.4 Å². The fourth-order valence-electron chi connectivity index (χ4n) is 2.23. The number of hydrogen-bond acceptors (Lipinski definition) is 6. The third-order valence-corrected chi connectivity index (χ3v) is 4.52. The van der Waals surface area contributed by atoms with Gasteiger partial charge < -0.3 is 19.5 Å². The lowest BCUT2D eigenvalue weighted by Crippen LogP contribution is -2.31. The minimum atomic E-state index is -0.503. The van der Waals surface area contributed by atoms with E-state index in [-0.39, 0.29) is 0 Å². The molecule has 0 saturated heterocycles. The average molecular weight is 393 g/mol. The highest BCUT2D eigenvalue weighted by molar-refractivity contribution is 7.15. The van der Waals surface area contributed by atoms with Gasteiger partial charge in [0.15, 0.2) is 0 Å². The highest BCUT2D eigenvalue weighted by atomic mass is 32.1. The number of alkyl carbamates (subject to hydrolysis) is 1. The highest BCUT2D eigenvalue weighted by Crippen LogP contribution is 2.27. The summed E-state index contributed by atoms with van der Waals surface area (Å²) in [5.74, 6) is 0.847. The largest absolute Gasteiger partial charge is 0.494 e. The molecule has 0 atom stereocenters. The fraction of sp³-hybridized carbons (Fsp3) is 0.500. The molecule has 0 aliphatic heterocycles. The Morgan fingerprint density at radius 2 is 1.85 bits per heavy atom. The van der Waals surface area contributed by atoms with E-state index in [4.69, 9.17) is 14.2 Å². The normalized spacial score (nSPS) is 11.3. The molecular formula is C20H28N2O4S. The van der Waals surface area contributed by atoms with Crippen LogP contribution in [0.1, 0.15) is 38.5 Å². The van der Waals surface area contributed by atoms with E-state index in [0.29, 0.717) is 13.2 Å². The molecule has 1 aromatic heterocycles. The van der Waals surface area contributed by atoms with Gasteiger partial charge in [-0.1, -0.05) is 0 Å². The van der Waals surface area contributed by atoms with Crippen molar-refractivity contribution in [2.45, 2.75) is 45.8 Å². The molecular weight excluding hydrogens is 364 g/mol. The molecule has 0 aliphatic rings. The van der Waals surface area contributed by atoms with E-state index in [1.54, 1.807) is 24.6 Å². The van der Waals surface area contributed by atoms with E-state index in [1.807, 2.05) is 45.0 Å². The third kappa shape index (κ3) is 7.97. The number of thiazole rings is 1. The molecule has 2 rings (SSSR count). The van der Waals surface area contributed by atoms with Crippen LogP contribution in [0.3, 0.4) is 0 Å². The van der Waals surface area contributed by atoms with Crippen molar-refractivity contribution in [3.05, 3.63) is 35.3 Å². The minimum absolute atomic E-state index is 0.398. The van der Waals surface area contributed by atoms with Crippen molar-refractivity contribution in [1.29, 1.82) is 0 Å². The van der Waals surface area contributed by atoms with Crippen LogP contribution in [0.2, 0.25) is 0 Å². The monoisotopic (exact) mass is 392 g/mol. The molecule has 0 spiro atoms. The van der Waals surface area contributed by atoms with Crippen LogP contribution in [0.4, 0.5) is 4.79 Å². The second-order valence-corrected chi connectivity index (χ2v) is 8.18. The summed E-state index contributed by atoms with van der Waals surface area (Å²) in [6.45, 7) is 7.35. The molecule has 1 aromatic carbocycles. The van der Waals surface area contributed by atoms with Gasteiger partial charge >= 0.3 is 6.09 Å². The number of nitrogens with zero attached hydrogens (tertiary/aromatic N) is 1. The summed E-state index contributed by atoms with van der Waals surface area (Å²) in [5.41, 5.74) is 0.520. The number of methoxy groups -OCH3 is 1. The molecule has 0 fully saturated rings. The van der Waals surface area contributed by atoms with E-state index in [9.17, 15) is 4.79 Å². The van der Waals surface area contributed by atoms with Gasteiger partial charge in [-0.25, -0.2) is 9.78 Å². The molecule has 0 aliphatic carbocycles. The molecule has 1 amide bonds. The molecule has 1 heterocycles. The number of ether oxygens (including phenoxy) is 3.